The molecule has 1 aromatic heterocycles. The van der Waals surface area contributed by atoms with E-state index >= 15 is 0 Å². The SMILES string of the molecule is O=C(c1cccs1)N(C(=S)OCCOc1ccccc1)c1ccccc1. The van der Waals surface area contributed by atoms with Crippen LogP contribution in [0.1, 0.15) is 9.67 Å². The summed E-state index contributed by atoms with van der Waals surface area (Å²) >= 11 is 6.74. The molecular weight excluding hydrogens is 366 g/mol. The molecule has 0 aliphatic carbocycles. The van der Waals surface area contributed by atoms with E-state index in [9.17, 15) is 4.79 Å². The van der Waals surface area contributed by atoms with Crippen molar-refractivity contribution in [3.63, 3.8) is 0 Å². The van der Waals surface area contributed by atoms with Gasteiger partial charge in [-0.15, -0.1) is 11.3 Å². The molecule has 0 saturated heterocycles. The van der Waals surface area contributed by atoms with Crippen molar-refractivity contribution in [2.45, 2.75) is 0 Å². The smallest absolute Gasteiger partial charge is 0.275 e. The van der Waals surface area contributed by atoms with Crippen molar-refractivity contribution in [2.75, 3.05) is 18.1 Å². The number of hydrogen-bond acceptors (Lipinski definition) is 5. The van der Waals surface area contributed by atoms with Gasteiger partial charge in [0.2, 0.25) is 0 Å². The number of thiocarbonyl (C=S) groups is 1. The number of amides is 1. The predicted octanol–water partition coefficient (Wildman–Crippen LogP) is 4.78. The Labute approximate surface area is 161 Å². The lowest BCUT2D eigenvalue weighted by atomic mass is 10.3. The maximum Gasteiger partial charge on any atom is 0.275 e. The van der Waals surface area contributed by atoms with Crippen molar-refractivity contribution in [3.8, 4) is 5.75 Å². The van der Waals surface area contributed by atoms with Gasteiger partial charge in [-0.2, -0.15) is 0 Å². The highest BCUT2D eigenvalue weighted by molar-refractivity contribution is 7.80. The van der Waals surface area contributed by atoms with Gasteiger partial charge in [0.25, 0.3) is 11.1 Å². The summed E-state index contributed by atoms with van der Waals surface area (Å²) in [6.07, 6.45) is 0. The van der Waals surface area contributed by atoms with E-state index in [1.165, 1.54) is 16.2 Å². The van der Waals surface area contributed by atoms with Gasteiger partial charge in [-0.25, -0.2) is 4.90 Å². The molecular formula is C20H17NO3S2. The lowest BCUT2D eigenvalue weighted by Crippen LogP contribution is -2.37. The fourth-order valence-electron chi connectivity index (χ4n) is 2.26. The van der Waals surface area contributed by atoms with Gasteiger partial charge < -0.3 is 9.47 Å². The van der Waals surface area contributed by atoms with Crippen LogP contribution in [-0.2, 0) is 4.74 Å². The topological polar surface area (TPSA) is 38.8 Å². The van der Waals surface area contributed by atoms with Gasteiger partial charge in [-0.3, -0.25) is 4.79 Å². The molecule has 0 N–H and O–H groups in total. The quantitative estimate of drug-likeness (QED) is 0.454. The number of rotatable bonds is 6. The van der Waals surface area contributed by atoms with E-state index in [1.54, 1.807) is 6.07 Å². The Morgan fingerprint density at radius 3 is 2.27 bits per heavy atom. The zero-order chi connectivity index (χ0) is 18.2. The summed E-state index contributed by atoms with van der Waals surface area (Å²) in [4.78, 5) is 14.8. The van der Waals surface area contributed by atoms with Gasteiger partial charge in [-0.1, -0.05) is 42.5 Å². The van der Waals surface area contributed by atoms with Gasteiger partial charge in [0.05, 0.1) is 10.6 Å². The van der Waals surface area contributed by atoms with Crippen molar-refractivity contribution in [1.82, 2.24) is 0 Å². The first-order valence-corrected chi connectivity index (χ1v) is 9.32. The molecule has 0 saturated carbocycles. The Morgan fingerprint density at radius 2 is 1.62 bits per heavy atom. The Morgan fingerprint density at radius 1 is 0.923 bits per heavy atom. The molecule has 0 spiro atoms. The monoisotopic (exact) mass is 383 g/mol. The fraction of sp³-hybridized carbons (Fsp3) is 0.100. The second-order valence-corrected chi connectivity index (χ2v) is 6.53. The standard InChI is InChI=1S/C20H17NO3S2/c22-19(18-12-7-15-26-18)21(16-8-3-1-4-9-16)20(25)24-14-13-23-17-10-5-2-6-11-17/h1-12,15H,13-14H2. The molecule has 3 rings (SSSR count). The average molecular weight is 383 g/mol. The molecule has 0 aliphatic heterocycles. The van der Waals surface area contributed by atoms with Crippen LogP contribution in [-0.4, -0.2) is 24.3 Å². The summed E-state index contributed by atoms with van der Waals surface area (Å²) in [5.41, 5.74) is 0.667. The number of carbonyl (C=O) groups excluding carboxylic acids is 1. The van der Waals surface area contributed by atoms with E-state index in [4.69, 9.17) is 21.7 Å². The molecule has 0 fully saturated rings. The molecule has 132 valence electrons. The number of nitrogens with zero attached hydrogens (tertiary/aromatic N) is 1. The minimum atomic E-state index is -0.208. The van der Waals surface area contributed by atoms with Gasteiger partial charge in [0, 0.05) is 0 Å². The number of ether oxygens (including phenoxy) is 2. The van der Waals surface area contributed by atoms with Crippen LogP contribution in [0.3, 0.4) is 0 Å². The first-order chi connectivity index (χ1) is 12.8. The lowest BCUT2D eigenvalue weighted by molar-refractivity contribution is 0.0998. The third kappa shape index (κ3) is 4.68. The summed E-state index contributed by atoms with van der Waals surface area (Å²) in [5, 5.41) is 1.96. The van der Waals surface area contributed by atoms with Crippen LogP contribution in [0, 0.1) is 0 Å². The van der Waals surface area contributed by atoms with Crippen molar-refractivity contribution in [2.24, 2.45) is 0 Å². The highest BCUT2D eigenvalue weighted by Gasteiger charge is 2.23. The number of para-hydroxylation sites is 2. The van der Waals surface area contributed by atoms with Crippen LogP contribution < -0.4 is 9.64 Å². The normalized spacial score (nSPS) is 10.2. The number of carbonyl (C=O) groups is 1. The second-order valence-electron chi connectivity index (χ2n) is 5.23. The highest BCUT2D eigenvalue weighted by atomic mass is 32.1. The molecule has 0 aliphatic rings. The molecule has 26 heavy (non-hydrogen) atoms. The maximum absolute atomic E-state index is 12.8. The molecule has 0 atom stereocenters. The van der Waals surface area contributed by atoms with E-state index in [-0.39, 0.29) is 17.7 Å². The van der Waals surface area contributed by atoms with E-state index in [2.05, 4.69) is 0 Å². The van der Waals surface area contributed by atoms with Crippen LogP contribution in [0.5, 0.6) is 5.75 Å². The van der Waals surface area contributed by atoms with Crippen molar-refractivity contribution < 1.29 is 14.3 Å². The van der Waals surface area contributed by atoms with E-state index < -0.39 is 0 Å². The maximum atomic E-state index is 12.8. The molecule has 1 amide bonds. The summed E-state index contributed by atoms with van der Waals surface area (Å²) in [7, 11) is 0. The summed E-state index contributed by atoms with van der Waals surface area (Å²) in [6, 6.07) is 22.3. The molecule has 3 aromatic rings. The summed E-state index contributed by atoms with van der Waals surface area (Å²) < 4.78 is 11.2. The lowest BCUT2D eigenvalue weighted by Gasteiger charge is -2.22. The molecule has 2 aromatic carbocycles. The zero-order valence-corrected chi connectivity index (χ0v) is 15.5. The Bertz CT molecular complexity index is 836. The van der Waals surface area contributed by atoms with Gasteiger partial charge in [-0.05, 0) is 47.9 Å². The van der Waals surface area contributed by atoms with Crippen LogP contribution in [0.2, 0.25) is 0 Å². The summed E-state index contributed by atoms with van der Waals surface area (Å²) in [5.74, 6) is 0.553. The van der Waals surface area contributed by atoms with Crippen molar-refractivity contribution in [3.05, 3.63) is 83.1 Å². The van der Waals surface area contributed by atoms with Crippen LogP contribution >= 0.6 is 23.6 Å². The second kappa shape index (κ2) is 9.12. The Kier molecular flexibility index (Phi) is 6.35. The molecule has 0 radical (unpaired) electrons. The van der Waals surface area contributed by atoms with Gasteiger partial charge in [0.1, 0.15) is 19.0 Å². The zero-order valence-electron chi connectivity index (χ0n) is 13.9. The Hall–Kier alpha value is -2.70. The Balaban J connectivity index is 1.64. The number of anilines is 1. The third-order valence-electron chi connectivity index (χ3n) is 3.45. The van der Waals surface area contributed by atoms with Crippen LogP contribution in [0.4, 0.5) is 5.69 Å². The van der Waals surface area contributed by atoms with E-state index in [0.717, 1.165) is 5.75 Å². The number of thiophene rings is 1. The van der Waals surface area contributed by atoms with Crippen LogP contribution in [0.15, 0.2) is 78.2 Å². The molecule has 0 bridgehead atoms. The van der Waals surface area contributed by atoms with Crippen molar-refractivity contribution in [1.29, 1.82) is 0 Å². The predicted molar refractivity (Wildman–Crippen MR) is 108 cm³/mol. The molecule has 4 nitrogen and oxygen atoms in total. The average Bonchev–Trinajstić information content (AvgIpc) is 3.22. The third-order valence-corrected chi connectivity index (χ3v) is 4.61. The first-order valence-electron chi connectivity index (χ1n) is 8.03. The fourth-order valence-corrected chi connectivity index (χ4v) is 3.19. The largest absolute Gasteiger partial charge is 0.490 e. The number of hydrogen-bond donors (Lipinski definition) is 0. The highest BCUT2D eigenvalue weighted by Crippen LogP contribution is 2.20. The molecule has 0 unspecified atom stereocenters. The number of benzene rings is 2. The van der Waals surface area contributed by atoms with Gasteiger partial charge >= 0.3 is 0 Å². The van der Waals surface area contributed by atoms with Gasteiger partial charge in [0.15, 0.2) is 0 Å². The molecule has 1 heterocycles. The molecule has 6 heteroatoms. The van der Waals surface area contributed by atoms with E-state index in [1.807, 2.05) is 72.1 Å². The summed E-state index contributed by atoms with van der Waals surface area (Å²) in [6.45, 7) is 0.578. The van der Waals surface area contributed by atoms with Crippen molar-refractivity contribution >= 4 is 40.3 Å². The first kappa shape index (κ1) is 18.1. The van der Waals surface area contributed by atoms with Crippen LogP contribution in [0.25, 0.3) is 0 Å². The minimum Gasteiger partial charge on any atom is -0.490 e. The minimum absolute atomic E-state index is 0.103. The van der Waals surface area contributed by atoms with E-state index in [0.29, 0.717) is 17.2 Å².